The number of rotatable bonds is 8. The van der Waals surface area contributed by atoms with Crippen molar-refractivity contribution in [2.24, 2.45) is 0 Å². The first-order valence-corrected chi connectivity index (χ1v) is 13.2. The Morgan fingerprint density at radius 2 is 2.03 bits per heavy atom. The molecule has 2 N–H and O–H groups in total. The molecule has 1 aliphatic carbocycles. The van der Waals surface area contributed by atoms with Gasteiger partial charge in [-0.1, -0.05) is 29.5 Å². The highest BCUT2D eigenvalue weighted by Gasteiger charge is 2.29. The van der Waals surface area contributed by atoms with Crippen LogP contribution in [0.4, 0.5) is 10.9 Å². The zero-order valence-electron chi connectivity index (χ0n) is 20.8. The molecule has 0 spiro atoms. The minimum atomic E-state index is -0.194. The molecule has 0 saturated carbocycles. The predicted octanol–water partition coefficient (Wildman–Crippen LogP) is 5.26. The summed E-state index contributed by atoms with van der Waals surface area (Å²) in [7, 11) is 0. The second-order valence-electron chi connectivity index (χ2n) is 8.67. The van der Waals surface area contributed by atoms with Crippen LogP contribution < -0.4 is 10.6 Å². The fraction of sp³-hybridized carbons (Fsp3) is 0.333. The van der Waals surface area contributed by atoms with Gasteiger partial charge < -0.3 is 10.1 Å². The van der Waals surface area contributed by atoms with E-state index in [2.05, 4.69) is 47.7 Å². The molecular weight excluding hydrogens is 472 g/mol. The second kappa shape index (κ2) is 10.6. The monoisotopic (exact) mass is 502 g/mol. The summed E-state index contributed by atoms with van der Waals surface area (Å²) in [5.41, 5.74) is 7.31. The number of anilines is 2. The number of para-hydroxylation sites is 1. The van der Waals surface area contributed by atoms with E-state index in [9.17, 15) is 4.79 Å². The Balaban J connectivity index is 1.64. The summed E-state index contributed by atoms with van der Waals surface area (Å²) in [6.45, 7) is 7.36. The van der Waals surface area contributed by atoms with Gasteiger partial charge in [0.2, 0.25) is 0 Å². The van der Waals surface area contributed by atoms with Crippen LogP contribution in [-0.2, 0) is 22.4 Å². The van der Waals surface area contributed by atoms with E-state index in [0.717, 1.165) is 70.4 Å². The third-order valence-electron chi connectivity index (χ3n) is 6.16. The number of fused-ring (bicyclic) bond motifs is 3. The highest BCUT2D eigenvalue weighted by atomic mass is 32.1. The summed E-state index contributed by atoms with van der Waals surface area (Å²) in [5, 5.41) is 11.9. The van der Waals surface area contributed by atoms with Gasteiger partial charge in [-0.15, -0.1) is 0 Å². The Labute approximate surface area is 214 Å². The van der Waals surface area contributed by atoms with Crippen LogP contribution in [0.25, 0.3) is 27.5 Å². The van der Waals surface area contributed by atoms with E-state index < -0.39 is 0 Å². The molecule has 3 aromatic heterocycles. The van der Waals surface area contributed by atoms with Crippen LogP contribution in [0.2, 0.25) is 0 Å². The van der Waals surface area contributed by atoms with E-state index in [4.69, 9.17) is 14.8 Å². The molecule has 0 aliphatic heterocycles. The van der Waals surface area contributed by atoms with Crippen molar-refractivity contribution >= 4 is 28.2 Å². The first-order chi connectivity index (χ1) is 17.6. The maximum atomic E-state index is 12.3. The number of carbonyl (C=O) groups is 1. The SMILES string of the molecule is CCNc1ccc(-c2nn(-c3ccccc3C)c3c2CCCc2nc(NC(=O)COCC)sc2-3)cn1. The number of amides is 1. The summed E-state index contributed by atoms with van der Waals surface area (Å²) in [5.74, 6) is 0.656. The van der Waals surface area contributed by atoms with Crippen LogP contribution in [0.3, 0.4) is 0 Å². The molecule has 36 heavy (non-hydrogen) atoms. The molecule has 0 atom stereocenters. The molecule has 3 heterocycles. The first-order valence-electron chi connectivity index (χ1n) is 12.3. The maximum absolute atomic E-state index is 12.3. The quantitative estimate of drug-likeness (QED) is 0.341. The van der Waals surface area contributed by atoms with Gasteiger partial charge in [-0.05, 0) is 63.8 Å². The van der Waals surface area contributed by atoms with Crippen LogP contribution in [-0.4, -0.2) is 45.4 Å². The standard InChI is InChI=1S/C27H30N6O2S/c1-4-28-22-14-13-18(15-29-22)24-19-10-8-11-20-26(36-27(30-20)31-23(34)16-35-5-2)25(19)33(32-24)21-12-7-6-9-17(21)3/h6-7,9,12-15H,4-5,8,10-11,16H2,1-3H3,(H,28,29)(H,30,31,34). The molecular formula is C27H30N6O2S. The predicted molar refractivity (Wildman–Crippen MR) is 144 cm³/mol. The summed E-state index contributed by atoms with van der Waals surface area (Å²) in [6, 6.07) is 12.3. The minimum Gasteiger partial charge on any atom is -0.372 e. The highest BCUT2D eigenvalue weighted by Crippen LogP contribution is 2.43. The molecule has 4 aromatic rings. The van der Waals surface area contributed by atoms with Crippen LogP contribution in [0.1, 0.15) is 37.1 Å². The number of ether oxygens (including phenoxy) is 1. The zero-order valence-corrected chi connectivity index (χ0v) is 21.6. The average Bonchev–Trinajstić information content (AvgIpc) is 3.40. The van der Waals surface area contributed by atoms with Crippen molar-refractivity contribution < 1.29 is 9.53 Å². The summed E-state index contributed by atoms with van der Waals surface area (Å²) in [4.78, 5) is 22.7. The van der Waals surface area contributed by atoms with Gasteiger partial charge in [0.15, 0.2) is 5.13 Å². The summed E-state index contributed by atoms with van der Waals surface area (Å²) < 4.78 is 7.30. The number of aromatic nitrogens is 4. The van der Waals surface area contributed by atoms with Gasteiger partial charge in [-0.3, -0.25) is 10.1 Å². The number of hydrogen-bond donors (Lipinski definition) is 2. The summed E-state index contributed by atoms with van der Waals surface area (Å²) >= 11 is 1.50. The van der Waals surface area contributed by atoms with E-state index in [0.29, 0.717) is 11.7 Å². The van der Waals surface area contributed by atoms with Crippen LogP contribution in [0.5, 0.6) is 0 Å². The van der Waals surface area contributed by atoms with E-state index in [1.165, 1.54) is 16.9 Å². The van der Waals surface area contributed by atoms with Gasteiger partial charge in [0.05, 0.1) is 27.6 Å². The van der Waals surface area contributed by atoms with Crippen LogP contribution in [0, 0.1) is 6.92 Å². The Bertz CT molecular complexity index is 1380. The fourth-order valence-electron chi connectivity index (χ4n) is 4.49. The Morgan fingerprint density at radius 1 is 1.17 bits per heavy atom. The van der Waals surface area contributed by atoms with Gasteiger partial charge in [0.1, 0.15) is 12.4 Å². The molecule has 8 nitrogen and oxygen atoms in total. The van der Waals surface area contributed by atoms with Gasteiger partial charge in [0, 0.05) is 30.5 Å². The Morgan fingerprint density at radius 3 is 2.78 bits per heavy atom. The molecule has 0 unspecified atom stereocenters. The zero-order chi connectivity index (χ0) is 25.1. The van der Waals surface area contributed by atoms with E-state index in [1.807, 2.05) is 36.0 Å². The Hall–Kier alpha value is -3.56. The lowest BCUT2D eigenvalue weighted by Gasteiger charge is -2.10. The smallest absolute Gasteiger partial charge is 0.252 e. The molecule has 0 bridgehead atoms. The normalized spacial score (nSPS) is 12.5. The fourth-order valence-corrected chi connectivity index (χ4v) is 5.58. The van der Waals surface area contributed by atoms with Crippen molar-refractivity contribution in [3.8, 4) is 27.5 Å². The largest absolute Gasteiger partial charge is 0.372 e. The van der Waals surface area contributed by atoms with Crippen molar-refractivity contribution in [1.82, 2.24) is 19.7 Å². The third kappa shape index (κ3) is 4.76. The second-order valence-corrected chi connectivity index (χ2v) is 9.67. The van der Waals surface area contributed by atoms with E-state index >= 15 is 0 Å². The number of benzene rings is 1. The minimum absolute atomic E-state index is 0.0210. The lowest BCUT2D eigenvalue weighted by Crippen LogP contribution is -2.18. The van der Waals surface area contributed by atoms with Crippen molar-refractivity contribution in [2.75, 3.05) is 30.4 Å². The molecule has 1 aromatic carbocycles. The third-order valence-corrected chi connectivity index (χ3v) is 7.18. The molecule has 186 valence electrons. The molecule has 0 saturated heterocycles. The van der Waals surface area contributed by atoms with Gasteiger partial charge in [-0.2, -0.15) is 5.10 Å². The Kier molecular flexibility index (Phi) is 7.11. The average molecular weight is 503 g/mol. The van der Waals surface area contributed by atoms with Gasteiger partial charge in [-0.25, -0.2) is 14.6 Å². The molecule has 1 amide bonds. The number of nitrogens with one attached hydrogen (secondary N) is 2. The number of aryl methyl sites for hydroxylation is 2. The first kappa shape index (κ1) is 24.1. The van der Waals surface area contributed by atoms with Crippen molar-refractivity contribution in [1.29, 1.82) is 0 Å². The molecule has 1 aliphatic rings. The molecule has 5 rings (SSSR count). The molecule has 0 fully saturated rings. The van der Waals surface area contributed by atoms with Crippen LogP contribution in [0.15, 0.2) is 42.6 Å². The number of carbonyl (C=O) groups excluding carboxylic acids is 1. The summed E-state index contributed by atoms with van der Waals surface area (Å²) in [6.07, 6.45) is 4.57. The van der Waals surface area contributed by atoms with Crippen molar-refractivity contribution in [3.05, 3.63) is 59.4 Å². The van der Waals surface area contributed by atoms with Crippen molar-refractivity contribution in [2.45, 2.75) is 40.0 Å². The lowest BCUT2D eigenvalue weighted by atomic mass is 10.0. The maximum Gasteiger partial charge on any atom is 0.252 e. The van der Waals surface area contributed by atoms with Gasteiger partial charge >= 0.3 is 0 Å². The van der Waals surface area contributed by atoms with E-state index in [1.54, 1.807) is 0 Å². The number of hydrogen-bond acceptors (Lipinski definition) is 7. The highest BCUT2D eigenvalue weighted by molar-refractivity contribution is 7.19. The van der Waals surface area contributed by atoms with Gasteiger partial charge in [0.25, 0.3) is 5.91 Å². The number of thiazole rings is 1. The van der Waals surface area contributed by atoms with Crippen LogP contribution >= 0.6 is 11.3 Å². The lowest BCUT2D eigenvalue weighted by molar-refractivity contribution is -0.120. The number of pyridine rings is 1. The number of nitrogens with zero attached hydrogens (tertiary/aromatic N) is 4. The molecule has 0 radical (unpaired) electrons. The van der Waals surface area contributed by atoms with E-state index in [-0.39, 0.29) is 12.5 Å². The topological polar surface area (TPSA) is 94.0 Å². The molecule has 9 heteroatoms. The van der Waals surface area contributed by atoms with Crippen molar-refractivity contribution in [3.63, 3.8) is 0 Å².